The first-order valence-electron chi connectivity index (χ1n) is 9.64. The lowest BCUT2D eigenvalue weighted by atomic mass is 10.0. The monoisotopic (exact) mass is 434 g/mol. The Labute approximate surface area is 182 Å². The molecule has 0 radical (unpaired) electrons. The van der Waals surface area contributed by atoms with E-state index in [0.29, 0.717) is 5.56 Å². The van der Waals surface area contributed by atoms with Crippen molar-refractivity contribution in [2.75, 3.05) is 13.6 Å². The van der Waals surface area contributed by atoms with Gasteiger partial charge in [0.1, 0.15) is 0 Å². The zero-order valence-corrected chi connectivity index (χ0v) is 17.8. The van der Waals surface area contributed by atoms with Gasteiger partial charge in [0.15, 0.2) is 0 Å². The van der Waals surface area contributed by atoms with Gasteiger partial charge in [-0.05, 0) is 42.0 Å². The molecule has 31 heavy (non-hydrogen) atoms. The van der Waals surface area contributed by atoms with E-state index in [4.69, 9.17) is 5.26 Å². The molecule has 3 aromatic rings. The molecule has 8 heteroatoms. The summed E-state index contributed by atoms with van der Waals surface area (Å²) in [4.78, 5) is 19.3. The number of amides is 1. The van der Waals surface area contributed by atoms with Crippen LogP contribution < -0.4 is 4.72 Å². The van der Waals surface area contributed by atoms with Crippen LogP contribution in [0.25, 0.3) is 0 Å². The van der Waals surface area contributed by atoms with E-state index < -0.39 is 16.1 Å². The van der Waals surface area contributed by atoms with Crippen LogP contribution in [0.3, 0.4) is 0 Å². The van der Waals surface area contributed by atoms with Gasteiger partial charge in [0.05, 0.1) is 22.7 Å². The fourth-order valence-corrected chi connectivity index (χ4v) is 4.22. The van der Waals surface area contributed by atoms with E-state index in [1.807, 2.05) is 54.6 Å². The van der Waals surface area contributed by atoms with Gasteiger partial charge in [-0.15, -0.1) is 0 Å². The van der Waals surface area contributed by atoms with Gasteiger partial charge in [0.2, 0.25) is 10.0 Å². The van der Waals surface area contributed by atoms with Crippen LogP contribution in [0.1, 0.15) is 34.1 Å². The van der Waals surface area contributed by atoms with Crippen LogP contribution in [0.2, 0.25) is 0 Å². The number of rotatable bonds is 8. The molecule has 7 nitrogen and oxygen atoms in total. The molecule has 1 atom stereocenters. The number of carbonyl (C=O) groups is 1. The second-order valence-corrected chi connectivity index (χ2v) is 8.58. The van der Waals surface area contributed by atoms with Gasteiger partial charge in [-0.2, -0.15) is 5.26 Å². The summed E-state index contributed by atoms with van der Waals surface area (Å²) in [5, 5.41) is 8.56. The maximum absolute atomic E-state index is 13.2. The Morgan fingerprint density at radius 1 is 1.06 bits per heavy atom. The van der Waals surface area contributed by atoms with E-state index in [-0.39, 0.29) is 23.8 Å². The number of nitrogens with one attached hydrogen (secondary N) is 1. The minimum Gasteiger partial charge on any atom is -0.329 e. The van der Waals surface area contributed by atoms with Crippen LogP contribution in [0.4, 0.5) is 0 Å². The number of carbonyl (C=O) groups excluding carboxylic acids is 1. The number of sulfonamides is 1. The predicted octanol–water partition coefficient (Wildman–Crippen LogP) is 3.14. The Morgan fingerprint density at radius 3 is 2.35 bits per heavy atom. The van der Waals surface area contributed by atoms with Crippen LogP contribution >= 0.6 is 0 Å². The minimum atomic E-state index is -3.73. The first-order valence-corrected chi connectivity index (χ1v) is 11.1. The van der Waals surface area contributed by atoms with Crippen molar-refractivity contribution in [1.29, 1.82) is 5.26 Å². The molecule has 1 aromatic heterocycles. The molecule has 1 amide bonds. The van der Waals surface area contributed by atoms with E-state index in [9.17, 15) is 13.2 Å². The van der Waals surface area contributed by atoms with Crippen molar-refractivity contribution in [3.05, 3.63) is 95.8 Å². The van der Waals surface area contributed by atoms with Gasteiger partial charge in [-0.3, -0.25) is 9.78 Å². The summed E-state index contributed by atoms with van der Waals surface area (Å²) in [5.74, 6) is -0.263. The van der Waals surface area contributed by atoms with Crippen LogP contribution in [0, 0.1) is 11.3 Å². The summed E-state index contributed by atoms with van der Waals surface area (Å²) >= 11 is 0. The smallest absolute Gasteiger partial charge is 0.254 e. The molecule has 0 saturated carbocycles. The Balaban J connectivity index is 1.86. The third-order valence-electron chi connectivity index (χ3n) is 4.73. The Bertz CT molecular complexity index is 1120. The second-order valence-electron chi connectivity index (χ2n) is 6.81. The molecule has 1 heterocycles. The summed E-state index contributed by atoms with van der Waals surface area (Å²) in [6, 6.07) is 22.4. The lowest BCUT2D eigenvalue weighted by Crippen LogP contribution is -2.32. The molecule has 0 aliphatic rings. The maximum Gasteiger partial charge on any atom is 0.254 e. The number of nitrogens with zero attached hydrogens (tertiary/aromatic N) is 3. The molecule has 0 aliphatic carbocycles. The number of benzene rings is 2. The number of hydrogen-bond donors (Lipinski definition) is 1. The quantitative estimate of drug-likeness (QED) is 0.549. The zero-order valence-electron chi connectivity index (χ0n) is 17.0. The van der Waals surface area contributed by atoms with Crippen LogP contribution in [0.15, 0.2) is 83.9 Å². The molecule has 0 spiro atoms. The Morgan fingerprint density at radius 2 is 1.74 bits per heavy atom. The van der Waals surface area contributed by atoms with Gasteiger partial charge in [0, 0.05) is 31.8 Å². The minimum absolute atomic E-state index is 0.0328. The number of hydrogen-bond acceptors (Lipinski definition) is 5. The standard InChI is InChI=1S/C23H22N4O3S/c1-27(22(18-8-3-2-4-9-18)21-10-5-6-16-25-21)23(28)19-11-13-20(14-12-19)31(29,30)26-17-7-15-24/h2-6,8-14,16,22,26H,7,17H2,1H3. The second kappa shape index (κ2) is 9.98. The first-order chi connectivity index (χ1) is 14.9. The van der Waals surface area contributed by atoms with E-state index >= 15 is 0 Å². The molecule has 0 aliphatic heterocycles. The average Bonchev–Trinajstić information content (AvgIpc) is 2.80. The van der Waals surface area contributed by atoms with Crippen LogP contribution in [-0.4, -0.2) is 37.8 Å². The highest BCUT2D eigenvalue weighted by molar-refractivity contribution is 7.89. The topological polar surface area (TPSA) is 103 Å². The SMILES string of the molecule is CN(C(=O)c1ccc(S(=O)(=O)NCCC#N)cc1)C(c1ccccc1)c1ccccn1. The molecular weight excluding hydrogens is 412 g/mol. The van der Waals surface area contributed by atoms with Crippen LogP contribution in [0.5, 0.6) is 0 Å². The lowest BCUT2D eigenvalue weighted by molar-refractivity contribution is 0.0752. The number of nitriles is 1. The maximum atomic E-state index is 13.2. The van der Waals surface area contributed by atoms with Crippen molar-refractivity contribution < 1.29 is 13.2 Å². The lowest BCUT2D eigenvalue weighted by Gasteiger charge is -2.28. The van der Waals surface area contributed by atoms with Crippen molar-refractivity contribution in [2.24, 2.45) is 0 Å². The van der Waals surface area contributed by atoms with Crippen molar-refractivity contribution >= 4 is 15.9 Å². The third kappa shape index (κ3) is 5.34. The number of aromatic nitrogens is 1. The highest BCUT2D eigenvalue weighted by Crippen LogP contribution is 2.27. The predicted molar refractivity (Wildman–Crippen MR) is 116 cm³/mol. The van der Waals surface area contributed by atoms with Gasteiger partial charge >= 0.3 is 0 Å². The van der Waals surface area contributed by atoms with E-state index in [0.717, 1.165) is 11.3 Å². The van der Waals surface area contributed by atoms with Crippen molar-refractivity contribution in [2.45, 2.75) is 17.4 Å². The van der Waals surface area contributed by atoms with E-state index in [1.54, 1.807) is 18.1 Å². The number of pyridine rings is 1. The Kier molecular flexibility index (Phi) is 7.13. The summed E-state index contributed by atoms with van der Waals surface area (Å²) in [6.45, 7) is 0.0328. The van der Waals surface area contributed by atoms with Gasteiger partial charge in [-0.25, -0.2) is 13.1 Å². The third-order valence-corrected chi connectivity index (χ3v) is 6.21. The highest BCUT2D eigenvalue weighted by atomic mass is 32.2. The summed E-state index contributed by atoms with van der Waals surface area (Å²) in [5.41, 5.74) is 2.00. The molecular formula is C23H22N4O3S. The van der Waals surface area contributed by atoms with Crippen LogP contribution in [-0.2, 0) is 10.0 Å². The van der Waals surface area contributed by atoms with Crippen molar-refractivity contribution in [3.63, 3.8) is 0 Å². The van der Waals surface area contributed by atoms with Crippen molar-refractivity contribution in [1.82, 2.24) is 14.6 Å². The largest absolute Gasteiger partial charge is 0.329 e. The molecule has 0 fully saturated rings. The molecule has 0 bridgehead atoms. The van der Waals surface area contributed by atoms with E-state index in [2.05, 4.69) is 9.71 Å². The zero-order chi connectivity index (χ0) is 22.3. The summed E-state index contributed by atoms with van der Waals surface area (Å²) in [7, 11) is -2.04. The summed E-state index contributed by atoms with van der Waals surface area (Å²) in [6.07, 6.45) is 1.76. The highest BCUT2D eigenvalue weighted by Gasteiger charge is 2.25. The molecule has 0 saturated heterocycles. The fourth-order valence-electron chi connectivity index (χ4n) is 3.19. The van der Waals surface area contributed by atoms with Crippen molar-refractivity contribution in [3.8, 4) is 6.07 Å². The van der Waals surface area contributed by atoms with Gasteiger partial charge in [0.25, 0.3) is 5.91 Å². The first kappa shape index (κ1) is 22.2. The van der Waals surface area contributed by atoms with E-state index in [1.165, 1.54) is 24.3 Å². The van der Waals surface area contributed by atoms with Gasteiger partial charge in [-0.1, -0.05) is 36.4 Å². The van der Waals surface area contributed by atoms with Gasteiger partial charge < -0.3 is 4.90 Å². The molecule has 3 rings (SSSR count). The molecule has 158 valence electrons. The normalized spacial score (nSPS) is 12.0. The molecule has 1 N–H and O–H groups in total. The molecule has 1 unspecified atom stereocenters. The summed E-state index contributed by atoms with van der Waals surface area (Å²) < 4.78 is 26.9. The fraction of sp³-hybridized carbons (Fsp3) is 0.174. The molecule has 2 aromatic carbocycles. The average molecular weight is 435 g/mol. The Hall–Kier alpha value is -3.54.